The third-order valence-electron chi connectivity index (χ3n) is 6.24. The van der Waals surface area contributed by atoms with Gasteiger partial charge in [-0.3, -0.25) is 9.59 Å². The van der Waals surface area contributed by atoms with Crippen LogP contribution in [0.2, 0.25) is 0 Å². The largest absolute Gasteiger partial charge is 0.463 e. The van der Waals surface area contributed by atoms with Crippen molar-refractivity contribution >= 4 is 11.9 Å². The highest BCUT2D eigenvalue weighted by molar-refractivity contribution is 5.66. The molecule has 0 aromatic rings. The molecule has 0 spiro atoms. The number of azide groups is 1. The average Bonchev–Trinajstić information content (AvgIpc) is 2.88. The second-order valence-electron chi connectivity index (χ2n) is 9.38. The van der Waals surface area contributed by atoms with E-state index in [0.29, 0.717) is 13.0 Å². The highest BCUT2D eigenvalue weighted by atomic mass is 16.7. The number of rotatable bonds is 15. The van der Waals surface area contributed by atoms with Gasteiger partial charge in [0.05, 0.1) is 12.7 Å². The predicted molar refractivity (Wildman–Crippen MR) is 132 cm³/mol. The molecule has 0 amide bonds. The van der Waals surface area contributed by atoms with Crippen LogP contribution in [0.25, 0.3) is 10.4 Å². The monoisotopic (exact) mass is 563 g/mol. The van der Waals surface area contributed by atoms with E-state index < -0.39 is 79.9 Å². The fourth-order valence-electron chi connectivity index (χ4n) is 4.21. The average molecular weight is 564 g/mol. The molecule has 39 heavy (non-hydrogen) atoms. The van der Waals surface area contributed by atoms with Crippen molar-refractivity contribution in [1.82, 2.24) is 0 Å². The summed E-state index contributed by atoms with van der Waals surface area (Å²) >= 11 is 0. The number of nitrogens with zero attached hydrogens (tertiary/aromatic N) is 3. The van der Waals surface area contributed by atoms with E-state index in [4.69, 9.17) is 38.7 Å². The standard InChI is InChI=1S/C24H41N3O12/c1-5-7-9-33-11-16-20(21(34-10-8-6-2)17(26-27-25)23(32)37-16)39-24-22(36-14(4)29)19(31)18(30)15(38-24)12-35-13(3)28/h15-24,30-32H,5-12H2,1-4H3/t15?,16?,17?,18-,19?,20+,21+,22-,23-,24-/m0/s1. The summed E-state index contributed by atoms with van der Waals surface area (Å²) in [7, 11) is 0. The summed E-state index contributed by atoms with van der Waals surface area (Å²) in [4.78, 5) is 26.0. The van der Waals surface area contributed by atoms with Crippen molar-refractivity contribution < 1.29 is 58.1 Å². The molecule has 2 aliphatic heterocycles. The van der Waals surface area contributed by atoms with Gasteiger partial charge in [-0.25, -0.2) is 0 Å². The molecular weight excluding hydrogens is 522 g/mol. The van der Waals surface area contributed by atoms with Crippen molar-refractivity contribution in [3.8, 4) is 0 Å². The number of aliphatic hydroxyl groups is 3. The molecule has 0 bridgehead atoms. The molecule has 0 aliphatic carbocycles. The minimum absolute atomic E-state index is 0.0363. The van der Waals surface area contributed by atoms with Gasteiger partial charge in [-0.2, -0.15) is 0 Å². The van der Waals surface area contributed by atoms with Gasteiger partial charge in [0, 0.05) is 32.0 Å². The van der Waals surface area contributed by atoms with Gasteiger partial charge >= 0.3 is 11.9 Å². The van der Waals surface area contributed by atoms with Gasteiger partial charge in [0.1, 0.15) is 43.2 Å². The Morgan fingerprint density at radius 1 is 0.897 bits per heavy atom. The molecule has 2 rings (SSSR count). The van der Waals surface area contributed by atoms with Crippen molar-refractivity contribution in [3.63, 3.8) is 0 Å². The number of unbranched alkanes of at least 4 members (excludes halogenated alkanes) is 2. The first-order chi connectivity index (χ1) is 18.6. The van der Waals surface area contributed by atoms with Gasteiger partial charge in [0.25, 0.3) is 0 Å². The van der Waals surface area contributed by atoms with Crippen molar-refractivity contribution in [2.45, 2.75) is 115 Å². The molecule has 0 radical (unpaired) electrons. The Bertz CT molecular complexity index is 811. The second-order valence-corrected chi connectivity index (χ2v) is 9.38. The van der Waals surface area contributed by atoms with Crippen LogP contribution in [-0.2, 0) is 42.7 Å². The van der Waals surface area contributed by atoms with E-state index in [1.807, 2.05) is 13.8 Å². The normalized spacial score (nSPS) is 34.6. The first-order valence-electron chi connectivity index (χ1n) is 13.2. The SMILES string of the molecule is CCCCOCC1O[C@H](O)C(N=[N+]=[N-])[C@@H](OCCCC)[C@@H]1O[C@@H]1OC(COC(C)=O)[C@H](O)C(O)[C@@H]1OC(C)=O. The van der Waals surface area contributed by atoms with E-state index in [9.17, 15) is 24.9 Å². The smallest absolute Gasteiger partial charge is 0.303 e. The van der Waals surface area contributed by atoms with Crippen LogP contribution in [0.15, 0.2) is 5.11 Å². The zero-order valence-electron chi connectivity index (χ0n) is 22.8. The van der Waals surface area contributed by atoms with E-state index in [2.05, 4.69) is 10.0 Å². The van der Waals surface area contributed by atoms with Gasteiger partial charge < -0.3 is 48.5 Å². The number of esters is 2. The summed E-state index contributed by atoms with van der Waals surface area (Å²) in [5.74, 6) is -1.42. The van der Waals surface area contributed by atoms with Crippen LogP contribution < -0.4 is 0 Å². The quantitative estimate of drug-likeness (QED) is 0.0827. The molecule has 2 aliphatic rings. The lowest BCUT2D eigenvalue weighted by molar-refractivity contribution is -0.348. The van der Waals surface area contributed by atoms with Gasteiger partial charge in [-0.1, -0.05) is 31.8 Å². The lowest BCUT2D eigenvalue weighted by atomic mass is 9.95. The van der Waals surface area contributed by atoms with E-state index in [0.717, 1.165) is 26.2 Å². The molecule has 4 unspecified atom stereocenters. The number of carbonyl (C=O) groups is 2. The molecule has 2 heterocycles. The van der Waals surface area contributed by atoms with Crippen LogP contribution in [0, 0.1) is 0 Å². The topological polar surface area (TPSA) is 208 Å². The Labute approximate surface area is 227 Å². The summed E-state index contributed by atoms with van der Waals surface area (Å²) < 4.78 is 39.6. The van der Waals surface area contributed by atoms with Gasteiger partial charge in [-0.05, 0) is 18.4 Å². The lowest BCUT2D eigenvalue weighted by Gasteiger charge is -2.47. The molecule has 15 heteroatoms. The lowest BCUT2D eigenvalue weighted by Crippen LogP contribution is -2.65. The minimum atomic E-state index is -1.67. The number of ether oxygens (including phenoxy) is 7. The minimum Gasteiger partial charge on any atom is -0.463 e. The number of hydrogen-bond acceptors (Lipinski definition) is 13. The van der Waals surface area contributed by atoms with E-state index in [1.54, 1.807) is 0 Å². The third kappa shape index (κ3) is 9.81. The van der Waals surface area contributed by atoms with Crippen LogP contribution in [0.5, 0.6) is 0 Å². The van der Waals surface area contributed by atoms with Crippen LogP contribution in [0.3, 0.4) is 0 Å². The number of aliphatic hydroxyl groups excluding tert-OH is 3. The third-order valence-corrected chi connectivity index (χ3v) is 6.24. The highest BCUT2D eigenvalue weighted by Gasteiger charge is 2.53. The molecular formula is C24H41N3O12. The van der Waals surface area contributed by atoms with E-state index >= 15 is 0 Å². The van der Waals surface area contributed by atoms with Crippen molar-refractivity contribution in [3.05, 3.63) is 10.4 Å². The summed E-state index contributed by atoms with van der Waals surface area (Å²) in [6, 6.07) is -1.22. The van der Waals surface area contributed by atoms with Crippen LogP contribution in [0.1, 0.15) is 53.4 Å². The Hall–Kier alpha value is -2.07. The Morgan fingerprint density at radius 2 is 1.59 bits per heavy atom. The van der Waals surface area contributed by atoms with Crippen LogP contribution in [-0.4, -0.2) is 115 Å². The van der Waals surface area contributed by atoms with E-state index in [-0.39, 0.29) is 13.2 Å². The fourth-order valence-corrected chi connectivity index (χ4v) is 4.21. The van der Waals surface area contributed by atoms with Crippen molar-refractivity contribution in [2.75, 3.05) is 26.4 Å². The first-order valence-corrected chi connectivity index (χ1v) is 13.2. The van der Waals surface area contributed by atoms with Crippen molar-refractivity contribution in [2.24, 2.45) is 5.11 Å². The molecule has 3 N–H and O–H groups in total. The molecule has 2 fully saturated rings. The maximum Gasteiger partial charge on any atom is 0.303 e. The summed E-state index contributed by atoms with van der Waals surface area (Å²) in [5, 5.41) is 35.6. The fraction of sp³-hybridized carbons (Fsp3) is 0.917. The summed E-state index contributed by atoms with van der Waals surface area (Å²) in [6.07, 6.45) is -9.00. The van der Waals surface area contributed by atoms with Gasteiger partial charge in [-0.15, -0.1) is 0 Å². The highest BCUT2D eigenvalue weighted by Crippen LogP contribution is 2.33. The summed E-state index contributed by atoms with van der Waals surface area (Å²) in [5.41, 5.74) is 9.13. The first kappa shape index (κ1) is 33.1. The van der Waals surface area contributed by atoms with E-state index in [1.165, 1.54) is 6.92 Å². The summed E-state index contributed by atoms with van der Waals surface area (Å²) in [6.45, 7) is 6.44. The zero-order valence-corrected chi connectivity index (χ0v) is 22.8. The number of hydrogen-bond donors (Lipinski definition) is 3. The van der Waals surface area contributed by atoms with Crippen LogP contribution in [0.4, 0.5) is 0 Å². The maximum absolute atomic E-state index is 11.8. The maximum atomic E-state index is 11.8. The molecule has 0 saturated carbocycles. The molecule has 10 atom stereocenters. The molecule has 2 saturated heterocycles. The van der Waals surface area contributed by atoms with Crippen molar-refractivity contribution in [1.29, 1.82) is 0 Å². The second kappa shape index (κ2) is 16.9. The molecule has 15 nitrogen and oxygen atoms in total. The molecule has 0 aromatic carbocycles. The van der Waals surface area contributed by atoms with Gasteiger partial charge in [0.15, 0.2) is 18.7 Å². The number of carbonyl (C=O) groups excluding carboxylic acids is 2. The van der Waals surface area contributed by atoms with Gasteiger partial charge in [0.2, 0.25) is 0 Å². The Morgan fingerprint density at radius 3 is 2.21 bits per heavy atom. The Balaban J connectivity index is 2.41. The molecule has 224 valence electrons. The Kier molecular flexibility index (Phi) is 14.4. The predicted octanol–water partition coefficient (Wildman–Crippen LogP) is 0.711. The van der Waals surface area contributed by atoms with Crippen LogP contribution >= 0.6 is 0 Å². The zero-order chi connectivity index (χ0) is 28.9. The molecule has 0 aromatic heterocycles.